The molecule has 0 saturated heterocycles. The Balaban J connectivity index is 3.80. The zero-order valence-corrected chi connectivity index (χ0v) is 7.31. The van der Waals surface area contributed by atoms with Crippen LogP contribution in [0.1, 0.15) is 33.6 Å². The van der Waals surface area contributed by atoms with Crippen LogP contribution in [0.15, 0.2) is 0 Å². The Hall–Kier alpha value is -0.770. The molecule has 0 aromatic carbocycles. The predicted octanol–water partition coefficient (Wildman–Crippen LogP) is 1.17. The fraction of sp³-hybridized carbons (Fsp3) is 0.857. The molecule has 0 aliphatic rings. The molecule has 0 aromatic rings. The molecule has 11 heavy (non-hydrogen) atoms. The van der Waals surface area contributed by atoms with Crippen LogP contribution in [0.4, 0.5) is 4.79 Å². The van der Waals surface area contributed by atoms with E-state index in [0.29, 0.717) is 0 Å². The SMILES string of the molecule is CCCC(C)(C)OC(=O)NN. The normalized spacial score (nSPS) is 10.9. The quantitative estimate of drug-likeness (QED) is 0.370. The molecule has 0 spiro atoms. The Morgan fingerprint density at radius 2 is 2.18 bits per heavy atom. The molecule has 0 heterocycles. The monoisotopic (exact) mass is 160 g/mol. The molecule has 0 rings (SSSR count). The van der Waals surface area contributed by atoms with Gasteiger partial charge in [-0.05, 0) is 20.3 Å². The smallest absolute Gasteiger partial charge is 0.421 e. The molecule has 0 aliphatic carbocycles. The first-order chi connectivity index (χ1) is 5.02. The number of amides is 1. The summed E-state index contributed by atoms with van der Waals surface area (Å²) in [5, 5.41) is 0. The molecule has 0 bridgehead atoms. The Morgan fingerprint density at radius 3 is 2.55 bits per heavy atom. The molecule has 66 valence electrons. The maximum Gasteiger partial charge on any atom is 0.421 e. The van der Waals surface area contributed by atoms with Gasteiger partial charge in [-0.15, -0.1) is 0 Å². The van der Waals surface area contributed by atoms with Gasteiger partial charge in [-0.25, -0.2) is 10.6 Å². The van der Waals surface area contributed by atoms with Crippen LogP contribution >= 0.6 is 0 Å². The van der Waals surface area contributed by atoms with E-state index in [1.54, 1.807) is 0 Å². The first-order valence-corrected chi connectivity index (χ1v) is 3.71. The van der Waals surface area contributed by atoms with E-state index in [9.17, 15) is 4.79 Å². The van der Waals surface area contributed by atoms with Gasteiger partial charge in [-0.1, -0.05) is 13.3 Å². The number of hydrogen-bond donors (Lipinski definition) is 2. The van der Waals surface area contributed by atoms with Gasteiger partial charge in [0.1, 0.15) is 5.60 Å². The lowest BCUT2D eigenvalue weighted by molar-refractivity contribution is 0.0323. The van der Waals surface area contributed by atoms with Gasteiger partial charge >= 0.3 is 6.09 Å². The molecule has 0 aromatic heterocycles. The minimum Gasteiger partial charge on any atom is -0.443 e. The van der Waals surface area contributed by atoms with Crippen molar-refractivity contribution in [3.63, 3.8) is 0 Å². The summed E-state index contributed by atoms with van der Waals surface area (Å²) >= 11 is 0. The lowest BCUT2D eigenvalue weighted by atomic mass is 10.0. The van der Waals surface area contributed by atoms with Gasteiger partial charge in [0.2, 0.25) is 0 Å². The molecule has 0 radical (unpaired) electrons. The highest BCUT2D eigenvalue weighted by Crippen LogP contribution is 2.15. The molecular weight excluding hydrogens is 144 g/mol. The zero-order chi connectivity index (χ0) is 8.91. The summed E-state index contributed by atoms with van der Waals surface area (Å²) in [6, 6.07) is 0. The van der Waals surface area contributed by atoms with E-state index in [2.05, 4.69) is 0 Å². The lowest BCUT2D eigenvalue weighted by Crippen LogP contribution is -2.37. The maximum absolute atomic E-state index is 10.6. The molecular formula is C7H16N2O2. The lowest BCUT2D eigenvalue weighted by Gasteiger charge is -2.23. The minimum atomic E-state index is -0.580. The molecule has 4 nitrogen and oxygen atoms in total. The third-order valence-corrected chi connectivity index (χ3v) is 1.34. The van der Waals surface area contributed by atoms with Crippen molar-refractivity contribution in [2.45, 2.75) is 39.2 Å². The van der Waals surface area contributed by atoms with Gasteiger partial charge in [0.15, 0.2) is 0 Å². The first kappa shape index (κ1) is 10.2. The summed E-state index contributed by atoms with van der Waals surface area (Å²) in [6.45, 7) is 5.74. The van der Waals surface area contributed by atoms with E-state index in [4.69, 9.17) is 10.6 Å². The van der Waals surface area contributed by atoms with Crippen LogP contribution in [0, 0.1) is 0 Å². The van der Waals surface area contributed by atoms with E-state index < -0.39 is 11.7 Å². The standard InChI is InChI=1S/C7H16N2O2/c1-4-5-7(2,3)11-6(10)9-8/h4-5,8H2,1-3H3,(H,9,10). The molecule has 4 heteroatoms. The molecule has 0 unspecified atom stereocenters. The number of carbonyl (C=O) groups excluding carboxylic acids is 1. The van der Waals surface area contributed by atoms with Crippen molar-refractivity contribution < 1.29 is 9.53 Å². The summed E-state index contributed by atoms with van der Waals surface area (Å²) < 4.78 is 4.95. The summed E-state index contributed by atoms with van der Waals surface area (Å²) in [7, 11) is 0. The van der Waals surface area contributed by atoms with E-state index in [1.807, 2.05) is 26.2 Å². The molecule has 1 amide bonds. The van der Waals surface area contributed by atoms with Crippen molar-refractivity contribution in [3.05, 3.63) is 0 Å². The van der Waals surface area contributed by atoms with Crippen LogP contribution in [-0.2, 0) is 4.74 Å². The Morgan fingerprint density at radius 1 is 1.64 bits per heavy atom. The van der Waals surface area contributed by atoms with Crippen molar-refractivity contribution in [2.24, 2.45) is 5.84 Å². The average molecular weight is 160 g/mol. The summed E-state index contributed by atoms with van der Waals surface area (Å²) in [5.74, 6) is 4.85. The van der Waals surface area contributed by atoms with Gasteiger partial charge in [-0.2, -0.15) is 0 Å². The Labute approximate surface area is 67.1 Å². The molecule has 0 atom stereocenters. The second-order valence-electron chi connectivity index (χ2n) is 3.04. The van der Waals surface area contributed by atoms with Crippen molar-refractivity contribution in [2.75, 3.05) is 0 Å². The third-order valence-electron chi connectivity index (χ3n) is 1.34. The number of ether oxygens (including phenoxy) is 1. The van der Waals surface area contributed by atoms with Gasteiger partial charge in [0, 0.05) is 0 Å². The first-order valence-electron chi connectivity index (χ1n) is 3.71. The van der Waals surface area contributed by atoms with E-state index in [-0.39, 0.29) is 0 Å². The number of rotatable bonds is 3. The van der Waals surface area contributed by atoms with Crippen molar-refractivity contribution >= 4 is 6.09 Å². The highest BCUT2D eigenvalue weighted by molar-refractivity contribution is 5.66. The number of nitrogens with two attached hydrogens (primary N) is 1. The summed E-state index contributed by atoms with van der Waals surface area (Å²) in [5.41, 5.74) is 1.50. The fourth-order valence-corrected chi connectivity index (χ4v) is 0.933. The van der Waals surface area contributed by atoms with E-state index >= 15 is 0 Å². The fourth-order valence-electron chi connectivity index (χ4n) is 0.933. The second kappa shape index (κ2) is 4.18. The van der Waals surface area contributed by atoms with E-state index in [1.165, 1.54) is 0 Å². The molecule has 0 fully saturated rings. The van der Waals surface area contributed by atoms with Gasteiger partial charge in [0.25, 0.3) is 0 Å². The summed E-state index contributed by atoms with van der Waals surface area (Å²) in [4.78, 5) is 10.6. The maximum atomic E-state index is 10.6. The highest BCUT2D eigenvalue weighted by Gasteiger charge is 2.20. The number of nitrogens with one attached hydrogen (secondary N) is 1. The predicted molar refractivity (Wildman–Crippen MR) is 42.8 cm³/mol. The Kier molecular flexibility index (Phi) is 3.89. The number of hydrazine groups is 1. The number of hydrogen-bond acceptors (Lipinski definition) is 3. The average Bonchev–Trinajstić information content (AvgIpc) is 1.86. The van der Waals surface area contributed by atoms with Gasteiger partial charge in [-0.3, -0.25) is 5.43 Å². The largest absolute Gasteiger partial charge is 0.443 e. The van der Waals surface area contributed by atoms with Crippen molar-refractivity contribution in [3.8, 4) is 0 Å². The van der Waals surface area contributed by atoms with Crippen LogP contribution in [0.25, 0.3) is 0 Å². The van der Waals surface area contributed by atoms with Gasteiger partial charge < -0.3 is 4.74 Å². The van der Waals surface area contributed by atoms with Gasteiger partial charge in [0.05, 0.1) is 0 Å². The van der Waals surface area contributed by atoms with Crippen molar-refractivity contribution in [1.29, 1.82) is 0 Å². The van der Waals surface area contributed by atoms with E-state index in [0.717, 1.165) is 12.8 Å². The molecule has 0 aliphatic heterocycles. The van der Waals surface area contributed by atoms with Crippen molar-refractivity contribution in [1.82, 2.24) is 5.43 Å². The minimum absolute atomic E-state index is 0.418. The summed E-state index contributed by atoms with van der Waals surface area (Å²) in [6.07, 6.45) is 1.23. The third kappa shape index (κ3) is 4.61. The Bertz CT molecular complexity index is 134. The molecule has 0 saturated carbocycles. The highest BCUT2D eigenvalue weighted by atomic mass is 16.6. The van der Waals surface area contributed by atoms with Crippen LogP contribution in [-0.4, -0.2) is 11.7 Å². The number of carbonyl (C=O) groups is 1. The van der Waals surface area contributed by atoms with Crippen LogP contribution in [0.5, 0.6) is 0 Å². The topological polar surface area (TPSA) is 64.3 Å². The molecule has 3 N–H and O–H groups in total. The van der Waals surface area contributed by atoms with Crippen LogP contribution in [0.2, 0.25) is 0 Å². The second-order valence-corrected chi connectivity index (χ2v) is 3.04. The van der Waals surface area contributed by atoms with Crippen LogP contribution in [0.3, 0.4) is 0 Å². The van der Waals surface area contributed by atoms with Crippen LogP contribution < -0.4 is 11.3 Å². The zero-order valence-electron chi connectivity index (χ0n) is 7.31.